The molecule has 0 rings (SSSR count). The second kappa shape index (κ2) is 70.7. The van der Waals surface area contributed by atoms with E-state index in [-0.39, 0.29) is 32.0 Å². The van der Waals surface area contributed by atoms with Crippen molar-refractivity contribution in [3.8, 4) is 0 Å². The highest BCUT2D eigenvalue weighted by Crippen LogP contribution is 2.43. The SMILES string of the molecule is CC/C=C\C/C=C\C/C=C\C/C=C\C/C=C\C/C=C\C/C=C\C/C=C\C/C=C\C/C=C\CCCCCCC(=O)OC(COC(=O)CCCCCCCCCCCCCCCCCCCCCC/C=C\C/C=C\C/C=C\C/C=C\CC)COP(=O)(O)OCC[N+](C)(C)C. The molecule has 0 saturated carbocycles. The average molecular weight is 1300 g/mol. The van der Waals surface area contributed by atoms with Crippen LogP contribution in [-0.4, -0.2) is 74.9 Å². The fourth-order valence-corrected chi connectivity index (χ4v) is 10.4. The van der Waals surface area contributed by atoms with Crippen LogP contribution < -0.4 is 0 Å². The van der Waals surface area contributed by atoms with Crippen molar-refractivity contribution < 1.29 is 42.1 Å². The normalized spacial score (nSPS) is 14.1. The molecule has 0 amide bonds. The zero-order chi connectivity index (χ0) is 66.9. The van der Waals surface area contributed by atoms with Gasteiger partial charge in [-0.25, -0.2) is 4.57 Å². The highest BCUT2D eigenvalue weighted by molar-refractivity contribution is 7.47. The van der Waals surface area contributed by atoms with Crippen molar-refractivity contribution in [1.82, 2.24) is 0 Å². The molecule has 2 unspecified atom stereocenters. The van der Waals surface area contributed by atoms with Gasteiger partial charge in [0, 0.05) is 12.8 Å². The van der Waals surface area contributed by atoms with Crippen LogP contribution >= 0.6 is 7.82 Å². The maximum Gasteiger partial charge on any atom is 0.472 e. The van der Waals surface area contributed by atoms with E-state index in [0.717, 1.165) is 135 Å². The van der Waals surface area contributed by atoms with Crippen LogP contribution in [0.25, 0.3) is 0 Å². The smallest absolute Gasteiger partial charge is 0.462 e. The first-order chi connectivity index (χ1) is 45.0. The lowest BCUT2D eigenvalue weighted by Gasteiger charge is -2.24. The summed E-state index contributed by atoms with van der Waals surface area (Å²) in [7, 11) is 1.44. The quantitative estimate of drug-likeness (QED) is 0.0211. The number of likely N-dealkylation sites (N-methyl/N-ethyl adjacent to an activating group) is 1. The minimum atomic E-state index is -4.41. The highest BCUT2D eigenvalue weighted by Gasteiger charge is 2.27. The summed E-state index contributed by atoms with van der Waals surface area (Å²) < 4.78 is 34.7. The lowest BCUT2D eigenvalue weighted by atomic mass is 10.0. The third-order valence-corrected chi connectivity index (χ3v) is 16.2. The Hall–Kier alpha value is -4.63. The van der Waals surface area contributed by atoms with Gasteiger partial charge in [0.05, 0.1) is 27.7 Å². The molecular weight excluding hydrogens is 1160 g/mol. The zero-order valence-corrected chi connectivity index (χ0v) is 60.4. The first kappa shape index (κ1) is 87.4. The monoisotopic (exact) mass is 1300 g/mol. The predicted molar refractivity (Wildman–Crippen MR) is 399 cm³/mol. The molecule has 0 aliphatic rings. The van der Waals surface area contributed by atoms with Crippen LogP contribution in [0, 0.1) is 0 Å². The zero-order valence-electron chi connectivity index (χ0n) is 59.5. The van der Waals surface area contributed by atoms with E-state index in [1.807, 2.05) is 21.1 Å². The number of quaternary nitrogens is 1. The van der Waals surface area contributed by atoms with Gasteiger partial charge in [-0.3, -0.25) is 18.6 Å². The Bertz CT molecular complexity index is 2160. The fourth-order valence-electron chi connectivity index (χ4n) is 9.68. The van der Waals surface area contributed by atoms with Crippen molar-refractivity contribution in [2.75, 3.05) is 47.5 Å². The second-order valence-electron chi connectivity index (χ2n) is 25.2. The molecule has 0 aromatic heterocycles. The molecule has 92 heavy (non-hydrogen) atoms. The van der Waals surface area contributed by atoms with Gasteiger partial charge in [0.1, 0.15) is 19.8 Å². The predicted octanol–water partition coefficient (Wildman–Crippen LogP) is 24.5. The Kier molecular flexibility index (Phi) is 67.1. The Morgan fingerprint density at radius 3 is 0.870 bits per heavy atom. The van der Waals surface area contributed by atoms with Gasteiger partial charge >= 0.3 is 19.8 Å². The molecule has 10 heteroatoms. The van der Waals surface area contributed by atoms with E-state index in [9.17, 15) is 19.0 Å². The maximum absolute atomic E-state index is 12.9. The summed E-state index contributed by atoms with van der Waals surface area (Å²) >= 11 is 0. The molecule has 0 spiro atoms. The Morgan fingerprint density at radius 2 is 0.587 bits per heavy atom. The molecule has 0 aliphatic carbocycles. The van der Waals surface area contributed by atoms with Gasteiger partial charge in [-0.1, -0.05) is 312 Å². The lowest BCUT2D eigenvalue weighted by molar-refractivity contribution is -0.870. The van der Waals surface area contributed by atoms with Crippen molar-refractivity contribution in [2.45, 2.75) is 290 Å². The number of nitrogens with zero attached hydrogens (tertiary/aromatic N) is 1. The molecule has 0 aromatic rings. The van der Waals surface area contributed by atoms with Crippen molar-refractivity contribution in [3.63, 3.8) is 0 Å². The van der Waals surface area contributed by atoms with E-state index in [0.29, 0.717) is 17.4 Å². The average Bonchev–Trinajstić information content (AvgIpc) is 2.14. The van der Waals surface area contributed by atoms with Crippen LogP contribution in [-0.2, 0) is 32.7 Å². The topological polar surface area (TPSA) is 108 Å². The molecule has 2 atom stereocenters. The van der Waals surface area contributed by atoms with E-state index in [4.69, 9.17) is 18.5 Å². The van der Waals surface area contributed by atoms with Crippen molar-refractivity contribution >= 4 is 19.8 Å². The molecule has 0 saturated heterocycles. The maximum atomic E-state index is 12.9. The number of carbonyl (C=O) groups excluding carboxylic acids is 2. The van der Waals surface area contributed by atoms with Crippen molar-refractivity contribution in [1.29, 1.82) is 0 Å². The highest BCUT2D eigenvalue weighted by atomic mass is 31.2. The minimum absolute atomic E-state index is 0.0187. The molecule has 0 bridgehead atoms. The van der Waals surface area contributed by atoms with Gasteiger partial charge in [0.15, 0.2) is 6.10 Å². The number of phosphoric ester groups is 1. The largest absolute Gasteiger partial charge is 0.472 e. The fraction of sp³-hybridized carbons (Fsp3) is 0.634. The number of ether oxygens (including phenoxy) is 2. The van der Waals surface area contributed by atoms with Gasteiger partial charge in [0.2, 0.25) is 0 Å². The first-order valence-corrected chi connectivity index (χ1v) is 38.4. The third kappa shape index (κ3) is 74.4. The number of carbonyl (C=O) groups is 2. The number of phosphoric acid groups is 1. The van der Waals surface area contributed by atoms with E-state index in [1.54, 1.807) is 0 Å². The number of esters is 2. The number of hydrogen-bond donors (Lipinski definition) is 1. The standard InChI is InChI=1S/C82H136NO8P/c1-6-8-10-12-14-16-18-20-22-24-26-28-30-32-34-36-38-40-41-43-45-47-49-51-53-55-57-59-61-63-65-67-69-71-73-75-82(85)91-80(79-90-92(86,87)89-77-76-83(3,4)5)78-88-81(84)74-72-70-68-66-64-62-60-58-56-54-52-50-48-46-44-42-39-37-35-33-31-29-27-25-23-21-19-17-15-13-11-9-7-2/h8-11,14-17,20-23,26-29,32,34,38,40,43,45,49,51,55,57,61,63,80H,6-7,12-13,18-19,24-25,30-31,33,35-37,39,41-42,44,46-48,50,52-54,56,58-60,62,64-79H2,1-5H3/p+1/b10-8-,11-9-,16-14-,17-15-,22-20-,23-21-,28-26-,29-27-,34-32-,40-38-,45-43-,51-49-,57-55-,63-61-. The first-order valence-electron chi connectivity index (χ1n) is 36.9. The Labute approximate surface area is 566 Å². The van der Waals surface area contributed by atoms with Crippen molar-refractivity contribution in [3.05, 3.63) is 170 Å². The molecular formula is C82H137NO8P+. The van der Waals surface area contributed by atoms with Gasteiger partial charge in [-0.2, -0.15) is 0 Å². The summed E-state index contributed by atoms with van der Waals surface area (Å²) in [5.74, 6) is -0.830. The number of rotatable bonds is 66. The van der Waals surface area contributed by atoms with E-state index >= 15 is 0 Å². The van der Waals surface area contributed by atoms with Gasteiger partial charge in [-0.05, 0) is 128 Å². The Morgan fingerprint density at radius 1 is 0.337 bits per heavy atom. The summed E-state index contributed by atoms with van der Waals surface area (Å²) in [6, 6.07) is 0. The summed E-state index contributed by atoms with van der Waals surface area (Å²) in [6.45, 7) is 4.18. The van der Waals surface area contributed by atoms with E-state index in [2.05, 4.69) is 184 Å². The Balaban J connectivity index is 4.12. The van der Waals surface area contributed by atoms with Crippen molar-refractivity contribution in [2.24, 2.45) is 0 Å². The summed E-state index contributed by atoms with van der Waals surface area (Å²) in [5.41, 5.74) is 0. The van der Waals surface area contributed by atoms with Gasteiger partial charge in [0.25, 0.3) is 0 Å². The summed E-state index contributed by atoms with van der Waals surface area (Å²) in [5, 5.41) is 0. The molecule has 9 nitrogen and oxygen atoms in total. The lowest BCUT2D eigenvalue weighted by Crippen LogP contribution is -2.37. The molecule has 522 valence electrons. The van der Waals surface area contributed by atoms with Gasteiger partial charge < -0.3 is 18.9 Å². The number of allylic oxidation sites excluding steroid dienone is 28. The third-order valence-electron chi connectivity index (χ3n) is 15.2. The van der Waals surface area contributed by atoms with E-state index in [1.165, 1.54) is 116 Å². The summed E-state index contributed by atoms with van der Waals surface area (Å²) in [4.78, 5) is 35.9. The van der Waals surface area contributed by atoms with Gasteiger partial charge in [-0.15, -0.1) is 0 Å². The van der Waals surface area contributed by atoms with Crippen LogP contribution in [0.3, 0.4) is 0 Å². The van der Waals surface area contributed by atoms with Crippen LogP contribution in [0.5, 0.6) is 0 Å². The summed E-state index contributed by atoms with van der Waals surface area (Å²) in [6.07, 6.45) is 108. The molecule has 0 aromatic carbocycles. The van der Waals surface area contributed by atoms with E-state index < -0.39 is 26.5 Å². The molecule has 0 fully saturated rings. The molecule has 1 N–H and O–H groups in total. The molecule has 0 heterocycles. The number of unbranched alkanes of at least 4 members (excludes halogenated alkanes) is 24. The van der Waals surface area contributed by atoms with Crippen LogP contribution in [0.15, 0.2) is 170 Å². The number of hydrogen-bond acceptors (Lipinski definition) is 7. The molecule has 0 aliphatic heterocycles. The minimum Gasteiger partial charge on any atom is -0.462 e. The second-order valence-corrected chi connectivity index (χ2v) is 26.7. The van der Waals surface area contributed by atoms with Crippen LogP contribution in [0.2, 0.25) is 0 Å². The van der Waals surface area contributed by atoms with Crippen LogP contribution in [0.1, 0.15) is 284 Å². The van der Waals surface area contributed by atoms with Crippen LogP contribution in [0.4, 0.5) is 0 Å². The molecule has 0 radical (unpaired) electrons.